The van der Waals surface area contributed by atoms with Crippen LogP contribution in [0.1, 0.15) is 21.9 Å². The minimum atomic E-state index is -0.194. The van der Waals surface area contributed by atoms with Gasteiger partial charge in [-0.15, -0.1) is 0 Å². The summed E-state index contributed by atoms with van der Waals surface area (Å²) in [4.78, 5) is 12.2. The summed E-state index contributed by atoms with van der Waals surface area (Å²) in [5, 5.41) is 0.747. The third kappa shape index (κ3) is 5.16. The molecule has 6 heteroatoms. The van der Waals surface area contributed by atoms with Gasteiger partial charge in [0.1, 0.15) is 29.6 Å². The van der Waals surface area contributed by atoms with Gasteiger partial charge in [0.25, 0.3) is 0 Å². The van der Waals surface area contributed by atoms with E-state index < -0.39 is 0 Å². The normalized spacial score (nSPS) is 10.9. The summed E-state index contributed by atoms with van der Waals surface area (Å²) in [7, 11) is 1.61. The average molecular weight is 403 g/mol. The Morgan fingerprint density at radius 3 is 2.44 bits per heavy atom. The quantitative estimate of drug-likeness (QED) is 0.355. The van der Waals surface area contributed by atoms with Crippen molar-refractivity contribution in [2.75, 3.05) is 7.11 Å². The minimum Gasteiger partial charge on any atom is -0.497 e. The van der Waals surface area contributed by atoms with Crippen LogP contribution in [0.3, 0.4) is 0 Å². The van der Waals surface area contributed by atoms with E-state index in [1.807, 2.05) is 24.3 Å². The molecule has 0 radical (unpaired) electrons. The molecule has 0 aliphatic rings. The highest BCUT2D eigenvalue weighted by molar-refractivity contribution is 6.42. The number of benzene rings is 2. The number of rotatable bonds is 7. The third-order valence-corrected chi connectivity index (χ3v) is 4.47. The van der Waals surface area contributed by atoms with Crippen LogP contribution in [0.5, 0.6) is 11.5 Å². The monoisotopic (exact) mass is 402 g/mol. The predicted octanol–water partition coefficient (Wildman–Crippen LogP) is 6.07. The summed E-state index contributed by atoms with van der Waals surface area (Å²) >= 11 is 11.8. The summed E-state index contributed by atoms with van der Waals surface area (Å²) in [5.74, 6) is 2.48. The highest BCUT2D eigenvalue weighted by Crippen LogP contribution is 2.23. The van der Waals surface area contributed by atoms with Crippen LogP contribution >= 0.6 is 23.2 Å². The second kappa shape index (κ2) is 8.80. The number of ether oxygens (including phenoxy) is 2. The zero-order chi connectivity index (χ0) is 19.2. The Balaban J connectivity index is 1.58. The Labute approximate surface area is 166 Å². The maximum absolute atomic E-state index is 12.2. The van der Waals surface area contributed by atoms with Crippen molar-refractivity contribution in [3.63, 3.8) is 0 Å². The number of carbonyl (C=O) groups excluding carboxylic acids is 1. The molecule has 1 aromatic heterocycles. The molecule has 0 saturated heterocycles. The standard InChI is InChI=1S/C21H16Cl2O4/c1-25-15-3-5-16(6-4-15)26-13-18-8-7-17(27-18)9-11-21(24)14-2-10-19(22)20(23)12-14/h2-12H,13H2,1H3/b11-9+. The highest BCUT2D eigenvalue weighted by Gasteiger charge is 2.06. The molecule has 2 aromatic carbocycles. The van der Waals surface area contributed by atoms with Gasteiger partial charge in [-0.25, -0.2) is 0 Å². The molecule has 0 amide bonds. The van der Waals surface area contributed by atoms with Crippen molar-refractivity contribution in [2.24, 2.45) is 0 Å². The van der Waals surface area contributed by atoms with Crippen LogP contribution in [0.25, 0.3) is 6.08 Å². The molecule has 3 aromatic rings. The van der Waals surface area contributed by atoms with Gasteiger partial charge in [-0.05, 0) is 66.7 Å². The van der Waals surface area contributed by atoms with Gasteiger partial charge in [0.05, 0.1) is 17.2 Å². The number of halogens is 2. The molecule has 0 spiro atoms. The smallest absolute Gasteiger partial charge is 0.186 e. The molecular weight excluding hydrogens is 387 g/mol. The van der Waals surface area contributed by atoms with E-state index in [1.54, 1.807) is 37.5 Å². The molecule has 1 heterocycles. The lowest BCUT2D eigenvalue weighted by Crippen LogP contribution is -1.94. The SMILES string of the molecule is COc1ccc(OCc2ccc(/C=C/C(=O)c3ccc(Cl)c(Cl)c3)o2)cc1. The minimum absolute atomic E-state index is 0.194. The number of allylic oxidation sites excluding steroid dienone is 1. The maximum atomic E-state index is 12.2. The van der Waals surface area contributed by atoms with Crippen molar-refractivity contribution >= 4 is 35.1 Å². The van der Waals surface area contributed by atoms with E-state index in [4.69, 9.17) is 37.1 Å². The first kappa shape index (κ1) is 19.1. The van der Waals surface area contributed by atoms with E-state index in [0.29, 0.717) is 32.9 Å². The topological polar surface area (TPSA) is 48.7 Å². The van der Waals surface area contributed by atoms with Gasteiger partial charge in [0.15, 0.2) is 5.78 Å². The lowest BCUT2D eigenvalue weighted by Gasteiger charge is -2.05. The molecule has 0 aliphatic carbocycles. The molecule has 0 aliphatic heterocycles. The first-order valence-corrected chi connectivity index (χ1v) is 8.84. The summed E-state index contributed by atoms with van der Waals surface area (Å²) in [6.45, 7) is 0.279. The molecule has 0 unspecified atom stereocenters. The average Bonchev–Trinajstić information content (AvgIpc) is 3.15. The molecule has 0 N–H and O–H groups in total. The van der Waals surface area contributed by atoms with Crippen LogP contribution in [0, 0.1) is 0 Å². The number of ketones is 1. The van der Waals surface area contributed by atoms with Gasteiger partial charge in [0, 0.05) is 5.56 Å². The number of carbonyl (C=O) groups is 1. The van der Waals surface area contributed by atoms with Crippen LogP contribution in [-0.2, 0) is 6.61 Å². The van der Waals surface area contributed by atoms with Crippen molar-refractivity contribution < 1.29 is 18.7 Å². The Kier molecular flexibility index (Phi) is 6.22. The second-order valence-electron chi connectivity index (χ2n) is 5.59. The number of methoxy groups -OCH3 is 1. The van der Waals surface area contributed by atoms with E-state index >= 15 is 0 Å². The van der Waals surface area contributed by atoms with Gasteiger partial charge in [-0.3, -0.25) is 4.79 Å². The lowest BCUT2D eigenvalue weighted by atomic mass is 10.1. The maximum Gasteiger partial charge on any atom is 0.186 e. The summed E-state index contributed by atoms with van der Waals surface area (Å²) in [6, 6.07) is 15.6. The van der Waals surface area contributed by atoms with Crippen molar-refractivity contribution in [2.45, 2.75) is 6.61 Å². The molecule has 0 bridgehead atoms. The zero-order valence-corrected chi connectivity index (χ0v) is 16.0. The van der Waals surface area contributed by atoms with Crippen molar-refractivity contribution in [3.05, 3.63) is 87.8 Å². The number of furan rings is 1. The van der Waals surface area contributed by atoms with E-state index in [2.05, 4.69) is 0 Å². The highest BCUT2D eigenvalue weighted by atomic mass is 35.5. The molecule has 0 atom stereocenters. The second-order valence-corrected chi connectivity index (χ2v) is 6.41. The molecule has 138 valence electrons. The third-order valence-electron chi connectivity index (χ3n) is 3.73. The van der Waals surface area contributed by atoms with Crippen molar-refractivity contribution in [3.8, 4) is 11.5 Å². The Morgan fingerprint density at radius 2 is 1.74 bits per heavy atom. The zero-order valence-electron chi connectivity index (χ0n) is 14.4. The Morgan fingerprint density at radius 1 is 1.00 bits per heavy atom. The molecular formula is C21H16Cl2O4. The fraction of sp³-hybridized carbons (Fsp3) is 0.0952. The summed E-state index contributed by atoms with van der Waals surface area (Å²) in [6.07, 6.45) is 3.02. The van der Waals surface area contributed by atoms with Crippen molar-refractivity contribution in [1.82, 2.24) is 0 Å². The van der Waals surface area contributed by atoms with Crippen molar-refractivity contribution in [1.29, 1.82) is 0 Å². The van der Waals surface area contributed by atoms with Gasteiger partial charge in [-0.1, -0.05) is 23.2 Å². The van der Waals surface area contributed by atoms with Crippen LogP contribution in [-0.4, -0.2) is 12.9 Å². The summed E-state index contributed by atoms with van der Waals surface area (Å²) in [5.41, 5.74) is 0.454. The van der Waals surface area contributed by atoms with Gasteiger partial charge in [-0.2, -0.15) is 0 Å². The van der Waals surface area contributed by atoms with Crippen LogP contribution in [0.4, 0.5) is 0 Å². The van der Waals surface area contributed by atoms with E-state index in [1.165, 1.54) is 12.1 Å². The van der Waals surface area contributed by atoms with Gasteiger partial charge in [0.2, 0.25) is 0 Å². The largest absolute Gasteiger partial charge is 0.497 e. The molecule has 27 heavy (non-hydrogen) atoms. The fourth-order valence-corrected chi connectivity index (χ4v) is 2.59. The molecule has 0 saturated carbocycles. The van der Waals surface area contributed by atoms with Gasteiger partial charge >= 0.3 is 0 Å². The van der Waals surface area contributed by atoms with E-state index in [-0.39, 0.29) is 12.4 Å². The van der Waals surface area contributed by atoms with Crippen LogP contribution < -0.4 is 9.47 Å². The number of hydrogen-bond acceptors (Lipinski definition) is 4. The molecule has 4 nitrogen and oxygen atoms in total. The van der Waals surface area contributed by atoms with E-state index in [0.717, 1.165) is 5.75 Å². The van der Waals surface area contributed by atoms with Gasteiger partial charge < -0.3 is 13.9 Å². The number of hydrogen-bond donors (Lipinski definition) is 0. The Hall–Kier alpha value is -2.69. The first-order valence-electron chi connectivity index (χ1n) is 8.08. The predicted molar refractivity (Wildman–Crippen MR) is 106 cm³/mol. The Bertz CT molecular complexity index is 959. The van der Waals surface area contributed by atoms with E-state index in [9.17, 15) is 4.79 Å². The molecule has 3 rings (SSSR count). The first-order chi connectivity index (χ1) is 13.0. The summed E-state index contributed by atoms with van der Waals surface area (Å²) < 4.78 is 16.4. The lowest BCUT2D eigenvalue weighted by molar-refractivity contribution is 0.104. The molecule has 0 fully saturated rings. The van der Waals surface area contributed by atoms with Crippen LogP contribution in [0.2, 0.25) is 10.0 Å². The fourth-order valence-electron chi connectivity index (χ4n) is 2.29. The van der Waals surface area contributed by atoms with Crippen LogP contribution in [0.15, 0.2) is 65.1 Å².